The molecule has 1 heteroatoms. The average Bonchev–Trinajstić information content (AvgIpc) is 2.14. The Balaban J connectivity index is 3.45. The summed E-state index contributed by atoms with van der Waals surface area (Å²) in [5.41, 5.74) is 4.68. The maximum atomic E-state index is 11.2. The smallest absolute Gasteiger partial charge is 0.129 e. The van der Waals surface area contributed by atoms with Gasteiger partial charge in [0, 0.05) is 5.41 Å². The molecular weight excluding hydrogens is 208 g/mol. The van der Waals surface area contributed by atoms with E-state index >= 15 is 0 Å². The minimum atomic E-state index is -0.398. The van der Waals surface area contributed by atoms with Crippen molar-refractivity contribution in [2.24, 2.45) is 0 Å². The summed E-state index contributed by atoms with van der Waals surface area (Å²) in [6, 6.07) is 4.43. The van der Waals surface area contributed by atoms with E-state index in [0.29, 0.717) is 0 Å². The van der Waals surface area contributed by atoms with Gasteiger partial charge in [0.25, 0.3) is 0 Å². The molecule has 1 nitrogen and oxygen atoms in total. The van der Waals surface area contributed by atoms with E-state index in [0.717, 1.165) is 6.29 Å². The fraction of sp³-hybridized carbons (Fsp3) is 0.562. The monoisotopic (exact) mass is 232 g/mol. The van der Waals surface area contributed by atoms with Gasteiger partial charge < -0.3 is 4.79 Å². The Bertz CT molecular complexity index is 410. The molecule has 0 amide bonds. The lowest BCUT2D eigenvalue weighted by atomic mass is 9.77. The van der Waals surface area contributed by atoms with Crippen molar-refractivity contribution >= 4 is 6.29 Å². The summed E-state index contributed by atoms with van der Waals surface area (Å²) in [7, 11) is 0. The fourth-order valence-corrected chi connectivity index (χ4v) is 2.47. The standard InChI is InChI=1S/C16H24O/c1-11-8-13(15(3,4)5)9-12(2)14(11)16(6,7)10-17/h8-10H,1-7H3. The Labute approximate surface area is 105 Å². The minimum absolute atomic E-state index is 0.152. The van der Waals surface area contributed by atoms with Gasteiger partial charge in [-0.15, -0.1) is 0 Å². The van der Waals surface area contributed by atoms with Crippen LogP contribution in [-0.4, -0.2) is 6.29 Å². The lowest BCUT2D eigenvalue weighted by Crippen LogP contribution is -2.23. The Morgan fingerprint density at radius 2 is 1.35 bits per heavy atom. The topological polar surface area (TPSA) is 17.1 Å². The highest BCUT2D eigenvalue weighted by Crippen LogP contribution is 2.32. The molecule has 0 fully saturated rings. The van der Waals surface area contributed by atoms with Crippen LogP contribution in [0.5, 0.6) is 0 Å². The number of hydrogen-bond donors (Lipinski definition) is 0. The van der Waals surface area contributed by atoms with E-state index in [-0.39, 0.29) is 5.41 Å². The van der Waals surface area contributed by atoms with Crippen LogP contribution in [0.4, 0.5) is 0 Å². The van der Waals surface area contributed by atoms with Crippen molar-refractivity contribution in [2.45, 2.75) is 59.3 Å². The van der Waals surface area contributed by atoms with Crippen LogP contribution in [0, 0.1) is 13.8 Å². The second kappa shape index (κ2) is 4.29. The maximum Gasteiger partial charge on any atom is 0.129 e. The van der Waals surface area contributed by atoms with E-state index < -0.39 is 5.41 Å². The van der Waals surface area contributed by atoms with Crippen LogP contribution in [0.2, 0.25) is 0 Å². The highest BCUT2D eigenvalue weighted by molar-refractivity contribution is 5.69. The van der Waals surface area contributed by atoms with Gasteiger partial charge in [-0.25, -0.2) is 0 Å². The van der Waals surface area contributed by atoms with Crippen molar-refractivity contribution < 1.29 is 4.79 Å². The fourth-order valence-electron chi connectivity index (χ4n) is 2.47. The zero-order chi connectivity index (χ0) is 13.4. The third kappa shape index (κ3) is 2.77. The number of aryl methyl sites for hydroxylation is 2. The Morgan fingerprint density at radius 1 is 0.941 bits per heavy atom. The molecule has 0 aliphatic heterocycles. The summed E-state index contributed by atoms with van der Waals surface area (Å²) in [6.07, 6.45) is 1.04. The maximum absolute atomic E-state index is 11.2. The number of carbonyl (C=O) groups is 1. The quantitative estimate of drug-likeness (QED) is 0.702. The van der Waals surface area contributed by atoms with Gasteiger partial charge in [-0.3, -0.25) is 0 Å². The van der Waals surface area contributed by atoms with E-state index in [1.807, 2.05) is 13.8 Å². The lowest BCUT2D eigenvalue weighted by Gasteiger charge is -2.27. The van der Waals surface area contributed by atoms with Gasteiger partial charge in [-0.2, -0.15) is 0 Å². The summed E-state index contributed by atoms with van der Waals surface area (Å²) < 4.78 is 0. The van der Waals surface area contributed by atoms with Crippen molar-refractivity contribution in [1.29, 1.82) is 0 Å². The third-order valence-corrected chi connectivity index (χ3v) is 3.34. The van der Waals surface area contributed by atoms with Crippen molar-refractivity contribution in [3.63, 3.8) is 0 Å². The molecule has 0 N–H and O–H groups in total. The Morgan fingerprint density at radius 3 is 1.65 bits per heavy atom. The molecule has 1 rings (SSSR count). The van der Waals surface area contributed by atoms with E-state index in [1.165, 1.54) is 22.3 Å². The molecule has 0 saturated carbocycles. The van der Waals surface area contributed by atoms with Crippen molar-refractivity contribution in [3.05, 3.63) is 34.4 Å². The van der Waals surface area contributed by atoms with E-state index in [4.69, 9.17) is 0 Å². The number of hydrogen-bond acceptors (Lipinski definition) is 1. The van der Waals surface area contributed by atoms with Gasteiger partial charge in [-0.05, 0) is 55.4 Å². The molecule has 0 aromatic heterocycles. The molecule has 0 radical (unpaired) electrons. The van der Waals surface area contributed by atoms with Crippen LogP contribution in [-0.2, 0) is 15.6 Å². The normalized spacial score (nSPS) is 12.6. The lowest BCUT2D eigenvalue weighted by molar-refractivity contribution is -0.111. The molecule has 0 spiro atoms. The highest BCUT2D eigenvalue weighted by Gasteiger charge is 2.25. The molecule has 0 atom stereocenters. The predicted octanol–water partition coefficient (Wildman–Crippen LogP) is 4.08. The summed E-state index contributed by atoms with van der Waals surface area (Å²) in [5, 5.41) is 0. The number of benzene rings is 1. The van der Waals surface area contributed by atoms with E-state index in [1.54, 1.807) is 0 Å². The van der Waals surface area contributed by atoms with Crippen LogP contribution in [0.15, 0.2) is 12.1 Å². The Hall–Kier alpha value is -1.11. The molecule has 1 aromatic carbocycles. The summed E-state index contributed by atoms with van der Waals surface area (Å²) >= 11 is 0. The van der Waals surface area contributed by atoms with Crippen molar-refractivity contribution in [1.82, 2.24) is 0 Å². The largest absolute Gasteiger partial charge is 0.302 e. The molecule has 0 saturated heterocycles. The molecule has 94 valence electrons. The predicted molar refractivity (Wildman–Crippen MR) is 73.7 cm³/mol. The van der Waals surface area contributed by atoms with Crippen molar-refractivity contribution in [2.75, 3.05) is 0 Å². The molecule has 0 aliphatic rings. The van der Waals surface area contributed by atoms with Crippen LogP contribution in [0.1, 0.15) is 56.9 Å². The number of rotatable bonds is 2. The zero-order valence-electron chi connectivity index (χ0n) is 12.1. The van der Waals surface area contributed by atoms with Crippen LogP contribution >= 0.6 is 0 Å². The first-order valence-electron chi connectivity index (χ1n) is 6.18. The van der Waals surface area contributed by atoms with Gasteiger partial charge >= 0.3 is 0 Å². The van der Waals surface area contributed by atoms with Gasteiger partial charge in [0.05, 0.1) is 0 Å². The van der Waals surface area contributed by atoms with Gasteiger partial charge in [0.15, 0.2) is 0 Å². The van der Waals surface area contributed by atoms with E-state index in [9.17, 15) is 4.79 Å². The van der Waals surface area contributed by atoms with Crippen LogP contribution in [0.25, 0.3) is 0 Å². The van der Waals surface area contributed by atoms with Crippen LogP contribution < -0.4 is 0 Å². The first kappa shape index (κ1) is 14.0. The SMILES string of the molecule is Cc1cc(C(C)(C)C)cc(C)c1C(C)(C)C=O. The number of carbonyl (C=O) groups excluding carboxylic acids is 1. The number of aldehydes is 1. The highest BCUT2D eigenvalue weighted by atomic mass is 16.1. The Kier molecular flexibility index (Phi) is 3.52. The summed E-state index contributed by atoms with van der Waals surface area (Å²) in [5.74, 6) is 0. The average molecular weight is 232 g/mol. The molecule has 0 unspecified atom stereocenters. The van der Waals surface area contributed by atoms with Gasteiger partial charge in [0.1, 0.15) is 6.29 Å². The van der Waals surface area contributed by atoms with E-state index in [2.05, 4.69) is 46.8 Å². The zero-order valence-corrected chi connectivity index (χ0v) is 12.1. The minimum Gasteiger partial charge on any atom is -0.302 e. The van der Waals surface area contributed by atoms with Gasteiger partial charge in [-0.1, -0.05) is 32.9 Å². The second-order valence-electron chi connectivity index (χ2n) is 6.57. The van der Waals surface area contributed by atoms with Gasteiger partial charge in [0.2, 0.25) is 0 Å². The molecule has 17 heavy (non-hydrogen) atoms. The molecule has 0 heterocycles. The third-order valence-electron chi connectivity index (χ3n) is 3.34. The first-order valence-corrected chi connectivity index (χ1v) is 6.18. The summed E-state index contributed by atoms with van der Waals surface area (Å²) in [6.45, 7) is 14.8. The second-order valence-corrected chi connectivity index (χ2v) is 6.57. The molecular formula is C16H24O. The summed E-state index contributed by atoms with van der Waals surface area (Å²) in [4.78, 5) is 11.2. The van der Waals surface area contributed by atoms with Crippen LogP contribution in [0.3, 0.4) is 0 Å². The first-order chi connectivity index (χ1) is 7.59. The molecule has 0 aliphatic carbocycles. The molecule has 0 bridgehead atoms. The van der Waals surface area contributed by atoms with Crippen molar-refractivity contribution in [3.8, 4) is 0 Å². The molecule has 1 aromatic rings.